The number of rotatable bonds is 7. The molecule has 2 amide bonds. The van der Waals surface area contributed by atoms with Gasteiger partial charge in [0.25, 0.3) is 0 Å². The highest BCUT2D eigenvalue weighted by Crippen LogP contribution is 2.08. The molecule has 1 heterocycles. The van der Waals surface area contributed by atoms with E-state index in [0.29, 0.717) is 0 Å². The predicted octanol–water partition coefficient (Wildman–Crippen LogP) is 3.58. The molecule has 1 atom stereocenters. The van der Waals surface area contributed by atoms with Crippen molar-refractivity contribution in [3.05, 3.63) is 71.8 Å². The van der Waals surface area contributed by atoms with Gasteiger partial charge in [0.1, 0.15) is 0 Å². The Balaban J connectivity index is 1.34. The predicted molar refractivity (Wildman–Crippen MR) is 111 cm³/mol. The van der Waals surface area contributed by atoms with E-state index in [2.05, 4.69) is 71.7 Å². The molecule has 1 aliphatic heterocycles. The van der Waals surface area contributed by atoms with Crippen molar-refractivity contribution in [2.75, 3.05) is 32.7 Å². The fraction of sp³-hybridized carbons (Fsp3) is 0.435. The first-order chi connectivity index (χ1) is 13.2. The van der Waals surface area contributed by atoms with E-state index in [1.54, 1.807) is 0 Å². The highest BCUT2D eigenvalue weighted by atomic mass is 16.2. The van der Waals surface area contributed by atoms with Gasteiger partial charge >= 0.3 is 6.03 Å². The fourth-order valence-electron chi connectivity index (χ4n) is 3.51. The van der Waals surface area contributed by atoms with E-state index >= 15 is 0 Å². The monoisotopic (exact) mass is 365 g/mol. The van der Waals surface area contributed by atoms with Gasteiger partial charge in [-0.1, -0.05) is 60.7 Å². The second kappa shape index (κ2) is 10.1. The van der Waals surface area contributed by atoms with Gasteiger partial charge in [0.2, 0.25) is 0 Å². The summed E-state index contributed by atoms with van der Waals surface area (Å²) in [5.41, 5.74) is 2.70. The lowest BCUT2D eigenvalue weighted by atomic mass is 10.1. The van der Waals surface area contributed by atoms with E-state index in [4.69, 9.17) is 0 Å². The molecule has 144 valence electrons. The van der Waals surface area contributed by atoms with E-state index in [0.717, 1.165) is 52.0 Å². The van der Waals surface area contributed by atoms with Gasteiger partial charge < -0.3 is 10.2 Å². The number of carbonyl (C=O) groups is 1. The number of carbonyl (C=O) groups excluding carboxylic acids is 1. The van der Waals surface area contributed by atoms with Gasteiger partial charge in [-0.05, 0) is 37.3 Å². The number of nitrogens with zero attached hydrogens (tertiary/aromatic N) is 2. The highest BCUT2D eigenvalue weighted by molar-refractivity contribution is 5.74. The maximum absolute atomic E-state index is 12.5. The van der Waals surface area contributed by atoms with Crippen molar-refractivity contribution < 1.29 is 4.79 Å². The molecule has 1 aliphatic rings. The van der Waals surface area contributed by atoms with Gasteiger partial charge in [-0.2, -0.15) is 0 Å². The lowest BCUT2D eigenvalue weighted by Crippen LogP contribution is -2.53. The van der Waals surface area contributed by atoms with Crippen molar-refractivity contribution in [1.29, 1.82) is 0 Å². The van der Waals surface area contributed by atoms with E-state index < -0.39 is 0 Å². The third-order valence-electron chi connectivity index (χ3n) is 5.30. The number of hydrogen-bond acceptors (Lipinski definition) is 2. The summed E-state index contributed by atoms with van der Waals surface area (Å²) >= 11 is 0. The molecule has 1 unspecified atom stereocenters. The van der Waals surface area contributed by atoms with Crippen LogP contribution in [0.5, 0.6) is 0 Å². The SMILES string of the molecule is CC(CCc1ccccc1)NC(=O)N1CCN(CCc2ccccc2)CC1. The molecule has 4 nitrogen and oxygen atoms in total. The molecule has 0 spiro atoms. The van der Waals surface area contributed by atoms with Crippen molar-refractivity contribution in [2.45, 2.75) is 32.2 Å². The van der Waals surface area contributed by atoms with Crippen LogP contribution in [0.3, 0.4) is 0 Å². The summed E-state index contributed by atoms with van der Waals surface area (Å²) in [6.07, 6.45) is 3.03. The number of hydrogen-bond donors (Lipinski definition) is 1. The zero-order valence-electron chi connectivity index (χ0n) is 16.3. The molecule has 0 radical (unpaired) electrons. The maximum atomic E-state index is 12.5. The minimum Gasteiger partial charge on any atom is -0.336 e. The Hall–Kier alpha value is -2.33. The van der Waals surface area contributed by atoms with Crippen LogP contribution in [-0.4, -0.2) is 54.6 Å². The summed E-state index contributed by atoms with van der Waals surface area (Å²) in [7, 11) is 0. The molecule has 2 aromatic carbocycles. The standard InChI is InChI=1S/C23H31N3O/c1-20(12-13-21-8-4-2-5-9-21)24-23(27)26-18-16-25(17-19-26)15-14-22-10-6-3-7-11-22/h2-11,20H,12-19H2,1H3,(H,24,27). The van der Waals surface area contributed by atoms with E-state index in [1.807, 2.05) is 11.0 Å². The number of urea groups is 1. The normalized spacial score (nSPS) is 16.1. The van der Waals surface area contributed by atoms with E-state index in [9.17, 15) is 4.79 Å². The van der Waals surface area contributed by atoms with Crippen LogP contribution in [-0.2, 0) is 12.8 Å². The lowest BCUT2D eigenvalue weighted by Gasteiger charge is -2.35. The van der Waals surface area contributed by atoms with Gasteiger partial charge in [-0.3, -0.25) is 4.90 Å². The largest absolute Gasteiger partial charge is 0.336 e. The van der Waals surface area contributed by atoms with Crippen LogP contribution in [0.15, 0.2) is 60.7 Å². The van der Waals surface area contributed by atoms with Crippen LogP contribution in [0.1, 0.15) is 24.5 Å². The molecule has 1 fully saturated rings. The van der Waals surface area contributed by atoms with Crippen LogP contribution in [0.25, 0.3) is 0 Å². The van der Waals surface area contributed by atoms with Crippen LogP contribution < -0.4 is 5.32 Å². The third-order valence-corrected chi connectivity index (χ3v) is 5.30. The number of amides is 2. The molecule has 27 heavy (non-hydrogen) atoms. The first-order valence-corrected chi connectivity index (χ1v) is 10.1. The van der Waals surface area contributed by atoms with Gasteiger partial charge in [0, 0.05) is 38.8 Å². The molecule has 4 heteroatoms. The Morgan fingerprint density at radius 1 is 0.889 bits per heavy atom. The van der Waals surface area contributed by atoms with Crippen molar-refractivity contribution in [1.82, 2.24) is 15.1 Å². The summed E-state index contributed by atoms with van der Waals surface area (Å²) < 4.78 is 0. The Bertz CT molecular complexity index is 681. The van der Waals surface area contributed by atoms with Crippen molar-refractivity contribution in [3.63, 3.8) is 0 Å². The van der Waals surface area contributed by atoms with E-state index in [-0.39, 0.29) is 12.1 Å². The Morgan fingerprint density at radius 2 is 1.44 bits per heavy atom. The molecule has 3 rings (SSSR count). The minimum atomic E-state index is 0.0817. The number of piperazine rings is 1. The molecule has 0 aromatic heterocycles. The first kappa shape index (κ1) is 19.4. The summed E-state index contributed by atoms with van der Waals surface area (Å²) in [4.78, 5) is 16.9. The lowest BCUT2D eigenvalue weighted by molar-refractivity contribution is 0.138. The quantitative estimate of drug-likeness (QED) is 0.814. The van der Waals surface area contributed by atoms with Crippen molar-refractivity contribution in [3.8, 4) is 0 Å². The third kappa shape index (κ3) is 6.40. The second-order valence-corrected chi connectivity index (χ2v) is 7.44. The molecular weight excluding hydrogens is 334 g/mol. The smallest absolute Gasteiger partial charge is 0.317 e. The zero-order valence-corrected chi connectivity index (χ0v) is 16.3. The Kier molecular flexibility index (Phi) is 7.28. The van der Waals surface area contributed by atoms with Crippen LogP contribution in [0.4, 0.5) is 4.79 Å². The first-order valence-electron chi connectivity index (χ1n) is 10.1. The molecule has 2 aromatic rings. The molecule has 0 aliphatic carbocycles. The fourth-order valence-corrected chi connectivity index (χ4v) is 3.51. The van der Waals surface area contributed by atoms with Gasteiger partial charge in [0.15, 0.2) is 0 Å². The maximum Gasteiger partial charge on any atom is 0.317 e. The van der Waals surface area contributed by atoms with Crippen molar-refractivity contribution >= 4 is 6.03 Å². The average Bonchev–Trinajstić information content (AvgIpc) is 2.72. The van der Waals surface area contributed by atoms with E-state index in [1.165, 1.54) is 11.1 Å². The zero-order chi connectivity index (χ0) is 18.9. The summed E-state index contributed by atoms with van der Waals surface area (Å²) in [5.74, 6) is 0. The summed E-state index contributed by atoms with van der Waals surface area (Å²) in [5, 5.41) is 3.16. The molecule has 0 saturated carbocycles. The molecule has 0 bridgehead atoms. The average molecular weight is 366 g/mol. The minimum absolute atomic E-state index is 0.0817. The number of nitrogens with one attached hydrogen (secondary N) is 1. The number of aryl methyl sites for hydroxylation is 1. The summed E-state index contributed by atoms with van der Waals surface area (Å²) in [6, 6.07) is 21.3. The molecular formula is C23H31N3O. The van der Waals surface area contributed by atoms with Crippen molar-refractivity contribution in [2.24, 2.45) is 0 Å². The summed E-state index contributed by atoms with van der Waals surface area (Å²) in [6.45, 7) is 6.69. The van der Waals surface area contributed by atoms with Gasteiger partial charge in [0.05, 0.1) is 0 Å². The highest BCUT2D eigenvalue weighted by Gasteiger charge is 2.21. The molecule has 1 N–H and O–H groups in total. The Morgan fingerprint density at radius 3 is 2.04 bits per heavy atom. The van der Waals surface area contributed by atoms with Gasteiger partial charge in [-0.25, -0.2) is 4.79 Å². The van der Waals surface area contributed by atoms with Gasteiger partial charge in [-0.15, -0.1) is 0 Å². The van der Waals surface area contributed by atoms with Crippen LogP contribution >= 0.6 is 0 Å². The topological polar surface area (TPSA) is 35.6 Å². The van der Waals surface area contributed by atoms with Crippen LogP contribution in [0.2, 0.25) is 0 Å². The Labute approximate surface area is 163 Å². The van der Waals surface area contributed by atoms with Crippen LogP contribution in [0, 0.1) is 0 Å². The molecule has 1 saturated heterocycles. The second-order valence-electron chi connectivity index (χ2n) is 7.44. The number of benzene rings is 2.